The van der Waals surface area contributed by atoms with Crippen LogP contribution < -0.4 is 5.32 Å². The minimum Gasteiger partial charge on any atom is -0.371 e. The molecule has 1 saturated heterocycles. The third kappa shape index (κ3) is 4.12. The number of nitrogens with zero attached hydrogens (tertiary/aromatic N) is 1. The number of nitrogens with one attached hydrogen (secondary N) is 1. The molecule has 1 aliphatic heterocycles. The largest absolute Gasteiger partial charge is 0.371 e. The molecule has 0 aliphatic carbocycles. The smallest absolute Gasteiger partial charge is 0.243 e. The van der Waals surface area contributed by atoms with E-state index >= 15 is 0 Å². The average Bonchev–Trinajstić information content (AvgIpc) is 2.69. The van der Waals surface area contributed by atoms with Crippen molar-refractivity contribution in [3.8, 4) is 0 Å². The van der Waals surface area contributed by atoms with Crippen molar-refractivity contribution in [2.75, 3.05) is 25.0 Å². The van der Waals surface area contributed by atoms with E-state index in [4.69, 9.17) is 4.74 Å². The lowest BCUT2D eigenvalue weighted by Crippen LogP contribution is -2.42. The van der Waals surface area contributed by atoms with E-state index in [1.165, 1.54) is 16.4 Å². The summed E-state index contributed by atoms with van der Waals surface area (Å²) in [7, 11) is -3.61. The van der Waals surface area contributed by atoms with Crippen LogP contribution in [0.5, 0.6) is 0 Å². The highest BCUT2D eigenvalue weighted by Crippen LogP contribution is 2.27. The monoisotopic (exact) mass is 374 g/mol. The molecule has 2 aromatic carbocycles. The number of amides is 1. The second-order valence-electron chi connectivity index (χ2n) is 6.06. The molecule has 1 amide bonds. The summed E-state index contributed by atoms with van der Waals surface area (Å²) in [6.45, 7) is 2.71. The highest BCUT2D eigenvalue weighted by molar-refractivity contribution is 7.89. The first-order chi connectivity index (χ1) is 12.5. The predicted octanol–water partition coefficient (Wildman–Crippen LogP) is 2.80. The van der Waals surface area contributed by atoms with Gasteiger partial charge in [0.2, 0.25) is 15.9 Å². The fraction of sp³-hybridized carbons (Fsp3) is 0.316. The molecule has 0 radical (unpaired) electrons. The zero-order valence-corrected chi connectivity index (χ0v) is 15.4. The van der Waals surface area contributed by atoms with Crippen molar-refractivity contribution in [3.63, 3.8) is 0 Å². The van der Waals surface area contributed by atoms with Gasteiger partial charge in [-0.1, -0.05) is 37.3 Å². The Kier molecular flexibility index (Phi) is 5.70. The van der Waals surface area contributed by atoms with Crippen molar-refractivity contribution >= 4 is 21.6 Å². The van der Waals surface area contributed by atoms with E-state index in [0.29, 0.717) is 25.3 Å². The maximum absolute atomic E-state index is 12.9. The summed E-state index contributed by atoms with van der Waals surface area (Å²) in [6, 6.07) is 15.9. The lowest BCUT2D eigenvalue weighted by Gasteiger charge is -2.32. The second kappa shape index (κ2) is 7.99. The third-order valence-corrected chi connectivity index (χ3v) is 6.18. The van der Waals surface area contributed by atoms with Crippen LogP contribution in [0.3, 0.4) is 0 Å². The fourth-order valence-corrected chi connectivity index (χ4v) is 4.25. The summed E-state index contributed by atoms with van der Waals surface area (Å²) in [5, 5.41) is 2.71. The molecule has 1 heterocycles. The predicted molar refractivity (Wildman–Crippen MR) is 99.3 cm³/mol. The topological polar surface area (TPSA) is 75.7 Å². The molecule has 6 nitrogen and oxygen atoms in total. The third-order valence-electron chi connectivity index (χ3n) is 4.30. The van der Waals surface area contributed by atoms with Gasteiger partial charge in [0, 0.05) is 25.2 Å². The molecule has 1 N–H and O–H groups in total. The molecule has 0 spiro atoms. The summed E-state index contributed by atoms with van der Waals surface area (Å²) >= 11 is 0. The van der Waals surface area contributed by atoms with Gasteiger partial charge in [-0.15, -0.1) is 0 Å². The lowest BCUT2D eigenvalue weighted by atomic mass is 10.1. The number of benzene rings is 2. The number of sulfonamides is 1. The average molecular weight is 374 g/mol. The molecule has 7 heteroatoms. The Bertz CT molecular complexity index is 851. The highest BCUT2D eigenvalue weighted by atomic mass is 32.2. The quantitative estimate of drug-likeness (QED) is 0.873. The van der Waals surface area contributed by atoms with Gasteiger partial charge in [-0.25, -0.2) is 8.42 Å². The molecule has 26 heavy (non-hydrogen) atoms. The Morgan fingerprint density at radius 2 is 1.85 bits per heavy atom. The van der Waals surface area contributed by atoms with E-state index < -0.39 is 10.0 Å². The van der Waals surface area contributed by atoms with E-state index in [2.05, 4.69) is 5.32 Å². The molecule has 1 atom stereocenters. The molecule has 0 bridgehead atoms. The van der Waals surface area contributed by atoms with Crippen molar-refractivity contribution in [1.29, 1.82) is 0 Å². The van der Waals surface area contributed by atoms with E-state index in [1.807, 2.05) is 30.3 Å². The molecule has 0 saturated carbocycles. The van der Waals surface area contributed by atoms with Gasteiger partial charge in [-0.3, -0.25) is 4.79 Å². The van der Waals surface area contributed by atoms with Crippen LogP contribution in [-0.4, -0.2) is 38.3 Å². The summed E-state index contributed by atoms with van der Waals surface area (Å²) < 4.78 is 33.1. The molecule has 3 rings (SSSR count). The molecular formula is C19H22N2O4S. The van der Waals surface area contributed by atoms with E-state index in [0.717, 1.165) is 5.56 Å². The van der Waals surface area contributed by atoms with Crippen LogP contribution >= 0.6 is 0 Å². The van der Waals surface area contributed by atoms with E-state index in [1.54, 1.807) is 19.1 Å². The standard InChI is InChI=1S/C19H22N2O4S/c1-2-19(22)20-16-8-10-17(11-9-16)26(23,24)21-12-13-25-18(14-21)15-6-4-3-5-7-15/h3-11,18H,2,12-14H2,1H3,(H,20,22). The first-order valence-electron chi connectivity index (χ1n) is 8.57. The Hall–Kier alpha value is -2.22. The normalized spacial score (nSPS) is 18.4. The SMILES string of the molecule is CCC(=O)Nc1ccc(S(=O)(=O)N2CCOC(c3ccccc3)C2)cc1. The van der Waals surface area contributed by atoms with Gasteiger partial charge in [0.05, 0.1) is 17.6 Å². The molecule has 1 aliphatic rings. The van der Waals surface area contributed by atoms with E-state index in [9.17, 15) is 13.2 Å². The number of morpholine rings is 1. The van der Waals surface area contributed by atoms with Crippen LogP contribution in [0.4, 0.5) is 5.69 Å². The number of anilines is 1. The number of rotatable bonds is 5. The zero-order chi connectivity index (χ0) is 18.6. The lowest BCUT2D eigenvalue weighted by molar-refractivity contribution is -0.115. The van der Waals surface area contributed by atoms with Gasteiger partial charge in [0.15, 0.2) is 0 Å². The van der Waals surface area contributed by atoms with Crippen molar-refractivity contribution in [1.82, 2.24) is 4.31 Å². The van der Waals surface area contributed by atoms with Gasteiger partial charge >= 0.3 is 0 Å². The highest BCUT2D eigenvalue weighted by Gasteiger charge is 2.31. The Morgan fingerprint density at radius 1 is 1.15 bits per heavy atom. The summed E-state index contributed by atoms with van der Waals surface area (Å²) in [5.41, 5.74) is 1.55. The van der Waals surface area contributed by atoms with Crippen molar-refractivity contribution < 1.29 is 17.9 Å². The maximum Gasteiger partial charge on any atom is 0.243 e. The first-order valence-corrected chi connectivity index (χ1v) is 10.0. The number of hydrogen-bond donors (Lipinski definition) is 1. The zero-order valence-electron chi connectivity index (χ0n) is 14.6. The Balaban J connectivity index is 1.76. The van der Waals surface area contributed by atoms with Gasteiger partial charge in [-0.2, -0.15) is 4.31 Å². The first kappa shape index (κ1) is 18.6. The summed E-state index contributed by atoms with van der Waals surface area (Å²) in [4.78, 5) is 11.6. The van der Waals surface area contributed by atoms with E-state index in [-0.39, 0.29) is 23.5 Å². The molecule has 1 unspecified atom stereocenters. The summed E-state index contributed by atoms with van der Waals surface area (Å²) in [5.74, 6) is -0.112. The van der Waals surface area contributed by atoms with Crippen molar-refractivity contribution in [3.05, 3.63) is 60.2 Å². The molecule has 138 valence electrons. The molecular weight excluding hydrogens is 352 g/mol. The minimum absolute atomic E-state index is 0.112. The Morgan fingerprint density at radius 3 is 2.50 bits per heavy atom. The number of ether oxygens (including phenoxy) is 1. The molecule has 2 aromatic rings. The van der Waals surface area contributed by atoms with Gasteiger partial charge in [0.1, 0.15) is 0 Å². The number of hydrogen-bond acceptors (Lipinski definition) is 4. The van der Waals surface area contributed by atoms with Crippen LogP contribution in [-0.2, 0) is 19.6 Å². The van der Waals surface area contributed by atoms with Crippen molar-refractivity contribution in [2.45, 2.75) is 24.3 Å². The summed E-state index contributed by atoms with van der Waals surface area (Å²) in [6.07, 6.45) is 0.0946. The minimum atomic E-state index is -3.61. The van der Waals surface area contributed by atoms with Crippen molar-refractivity contribution in [2.24, 2.45) is 0 Å². The van der Waals surface area contributed by atoms with Crippen LogP contribution in [0.1, 0.15) is 25.0 Å². The van der Waals surface area contributed by atoms with Crippen LogP contribution in [0.2, 0.25) is 0 Å². The maximum atomic E-state index is 12.9. The van der Waals surface area contributed by atoms with Gasteiger partial charge in [-0.05, 0) is 29.8 Å². The number of carbonyl (C=O) groups excluding carboxylic acids is 1. The van der Waals surface area contributed by atoms with Crippen LogP contribution in [0.25, 0.3) is 0 Å². The fourth-order valence-electron chi connectivity index (χ4n) is 2.82. The Labute approximate surface area is 153 Å². The van der Waals surface area contributed by atoms with Crippen LogP contribution in [0, 0.1) is 0 Å². The van der Waals surface area contributed by atoms with Gasteiger partial charge in [0.25, 0.3) is 0 Å². The van der Waals surface area contributed by atoms with Crippen LogP contribution in [0.15, 0.2) is 59.5 Å². The molecule has 1 fully saturated rings. The van der Waals surface area contributed by atoms with Gasteiger partial charge < -0.3 is 10.1 Å². The number of carbonyl (C=O) groups is 1. The second-order valence-corrected chi connectivity index (χ2v) is 8.00. The molecule has 0 aromatic heterocycles.